The van der Waals surface area contributed by atoms with Gasteiger partial charge >= 0.3 is 0 Å². The highest BCUT2D eigenvalue weighted by molar-refractivity contribution is 7.10. The average molecular weight is 454 g/mol. The Hall–Kier alpha value is -0.410. The normalized spacial score (nSPS) is 27.6. The third-order valence-corrected chi connectivity index (χ3v) is 7.02. The number of rotatable bonds is 7. The molecule has 0 aromatic carbocycles. The molecule has 2 aliphatic rings. The monoisotopic (exact) mass is 453 g/mol. The van der Waals surface area contributed by atoms with E-state index in [0.717, 1.165) is 26.3 Å². The first-order valence-electron chi connectivity index (χ1n) is 9.44. The van der Waals surface area contributed by atoms with Gasteiger partial charge in [0.25, 0.3) is 0 Å². The fraction of sp³-hybridized carbons (Fsp3) is 0.737. The van der Waals surface area contributed by atoms with E-state index in [1.165, 1.54) is 4.88 Å². The second kappa shape index (κ2) is 10.6. The number of nitrogens with one attached hydrogen (secondary N) is 1. The maximum absolute atomic E-state index is 12.9. The van der Waals surface area contributed by atoms with Gasteiger partial charge in [-0.2, -0.15) is 0 Å². The van der Waals surface area contributed by atoms with E-state index in [0.29, 0.717) is 19.6 Å². The highest BCUT2D eigenvalue weighted by Gasteiger charge is 2.62. The van der Waals surface area contributed by atoms with Gasteiger partial charge in [0.2, 0.25) is 5.91 Å². The van der Waals surface area contributed by atoms with Gasteiger partial charge in [0.05, 0.1) is 25.4 Å². The molecule has 0 spiro atoms. The van der Waals surface area contributed by atoms with E-state index < -0.39 is 5.54 Å². The Balaban J connectivity index is 0.00000196. The van der Waals surface area contributed by atoms with Crippen LogP contribution >= 0.6 is 36.2 Å². The molecule has 1 aromatic heterocycles. The van der Waals surface area contributed by atoms with Gasteiger partial charge in [0, 0.05) is 43.0 Å². The lowest BCUT2D eigenvalue weighted by Gasteiger charge is -2.57. The number of halogens is 2. The molecule has 9 heteroatoms. The lowest BCUT2D eigenvalue weighted by atomic mass is 9.54. The summed E-state index contributed by atoms with van der Waals surface area (Å²) in [4.78, 5) is 16.6. The first-order chi connectivity index (χ1) is 12.4. The smallest absolute Gasteiger partial charge is 0.240 e. The molecule has 1 saturated carbocycles. The van der Waals surface area contributed by atoms with Crippen LogP contribution in [-0.4, -0.2) is 61.9 Å². The van der Waals surface area contributed by atoms with E-state index in [2.05, 4.69) is 27.7 Å². The molecule has 6 nitrogen and oxygen atoms in total. The zero-order valence-electron chi connectivity index (χ0n) is 16.8. The molecule has 2 heterocycles. The third-order valence-electron chi connectivity index (χ3n) is 6.05. The van der Waals surface area contributed by atoms with Crippen LogP contribution in [0.25, 0.3) is 0 Å². The molecule has 1 saturated heterocycles. The van der Waals surface area contributed by atoms with Gasteiger partial charge in [-0.05, 0) is 18.4 Å². The van der Waals surface area contributed by atoms with E-state index >= 15 is 0 Å². The van der Waals surface area contributed by atoms with E-state index in [1.54, 1.807) is 11.3 Å². The van der Waals surface area contributed by atoms with Crippen molar-refractivity contribution in [3.63, 3.8) is 0 Å². The van der Waals surface area contributed by atoms with Crippen molar-refractivity contribution in [1.29, 1.82) is 0 Å². The van der Waals surface area contributed by atoms with Crippen molar-refractivity contribution in [2.45, 2.75) is 44.9 Å². The summed E-state index contributed by atoms with van der Waals surface area (Å²) < 4.78 is 11.2. The maximum Gasteiger partial charge on any atom is 0.240 e. The number of hydrogen-bond donors (Lipinski definition) is 2. The van der Waals surface area contributed by atoms with Crippen LogP contribution in [0.2, 0.25) is 0 Å². The lowest BCUT2D eigenvalue weighted by Crippen LogP contribution is -2.76. The Morgan fingerprint density at radius 2 is 2.11 bits per heavy atom. The van der Waals surface area contributed by atoms with Gasteiger partial charge in [-0.25, -0.2) is 0 Å². The third kappa shape index (κ3) is 4.83. The number of hydrogen-bond acceptors (Lipinski definition) is 6. The van der Waals surface area contributed by atoms with E-state index in [1.807, 2.05) is 20.8 Å². The Bertz CT molecular complexity index is 612. The van der Waals surface area contributed by atoms with Crippen LogP contribution in [0.1, 0.15) is 38.1 Å². The summed E-state index contributed by atoms with van der Waals surface area (Å²) in [6.45, 7) is 10.5. The van der Waals surface area contributed by atoms with Crippen molar-refractivity contribution in [1.82, 2.24) is 10.2 Å². The minimum absolute atomic E-state index is 0. The van der Waals surface area contributed by atoms with Crippen molar-refractivity contribution >= 4 is 42.1 Å². The van der Waals surface area contributed by atoms with E-state index in [4.69, 9.17) is 15.2 Å². The number of nitrogens with two attached hydrogens (primary N) is 1. The first kappa shape index (κ1) is 25.6. The molecular formula is C19H33Cl2N3O3S. The number of amides is 1. The zero-order chi connectivity index (χ0) is 18.8. The predicted molar refractivity (Wildman–Crippen MR) is 118 cm³/mol. The van der Waals surface area contributed by atoms with Gasteiger partial charge < -0.3 is 20.5 Å². The van der Waals surface area contributed by atoms with Crippen molar-refractivity contribution < 1.29 is 14.3 Å². The van der Waals surface area contributed by atoms with Crippen molar-refractivity contribution in [2.24, 2.45) is 11.1 Å². The second-order valence-corrected chi connectivity index (χ2v) is 8.71. The Kier molecular flexibility index (Phi) is 9.67. The second-order valence-electron chi connectivity index (χ2n) is 7.73. The van der Waals surface area contributed by atoms with Gasteiger partial charge in [0.1, 0.15) is 5.54 Å². The van der Waals surface area contributed by atoms with Crippen molar-refractivity contribution in [3.8, 4) is 0 Å². The molecule has 0 radical (unpaired) electrons. The molecular weight excluding hydrogens is 421 g/mol. The Morgan fingerprint density at radius 1 is 1.43 bits per heavy atom. The van der Waals surface area contributed by atoms with E-state index in [9.17, 15) is 4.79 Å². The fourth-order valence-electron chi connectivity index (χ4n) is 3.95. The zero-order valence-corrected chi connectivity index (χ0v) is 19.3. The largest absolute Gasteiger partial charge is 0.379 e. The van der Waals surface area contributed by atoms with Gasteiger partial charge in [0.15, 0.2) is 0 Å². The van der Waals surface area contributed by atoms with Crippen LogP contribution in [0.3, 0.4) is 0 Å². The summed E-state index contributed by atoms with van der Waals surface area (Å²) in [6.07, 6.45) is 0.608. The summed E-state index contributed by atoms with van der Waals surface area (Å²) in [5.74, 6) is -0.0757. The van der Waals surface area contributed by atoms with Gasteiger partial charge in [-0.1, -0.05) is 19.9 Å². The van der Waals surface area contributed by atoms with Gasteiger partial charge in [-0.15, -0.1) is 36.2 Å². The number of morpholine rings is 1. The highest BCUT2D eigenvalue weighted by atomic mass is 35.5. The van der Waals surface area contributed by atoms with Crippen LogP contribution in [0, 0.1) is 5.41 Å². The SMILES string of the molecule is CCOC1CC(N)(C(=O)NCC(c2cccs2)N2CCOCC2)C1(C)C.Cl.Cl. The number of carbonyl (C=O) groups is 1. The average Bonchev–Trinajstić information content (AvgIpc) is 3.16. The molecule has 0 bridgehead atoms. The topological polar surface area (TPSA) is 76.8 Å². The molecule has 1 amide bonds. The minimum Gasteiger partial charge on any atom is -0.379 e. The molecule has 3 rings (SSSR count). The molecule has 162 valence electrons. The Labute approximate surface area is 184 Å². The minimum atomic E-state index is -0.877. The quantitative estimate of drug-likeness (QED) is 0.663. The maximum atomic E-state index is 12.9. The van der Waals surface area contributed by atoms with Crippen molar-refractivity contribution in [3.05, 3.63) is 22.4 Å². The molecule has 28 heavy (non-hydrogen) atoms. The summed E-state index contributed by atoms with van der Waals surface area (Å²) in [5.41, 5.74) is 5.26. The molecule has 1 aromatic rings. The number of nitrogens with zero attached hydrogens (tertiary/aromatic N) is 1. The molecule has 2 fully saturated rings. The summed E-state index contributed by atoms with van der Waals surface area (Å²) >= 11 is 1.73. The van der Waals surface area contributed by atoms with Crippen LogP contribution in [-0.2, 0) is 14.3 Å². The fourth-order valence-corrected chi connectivity index (χ4v) is 4.81. The van der Waals surface area contributed by atoms with Crippen LogP contribution in [0.4, 0.5) is 0 Å². The molecule has 3 N–H and O–H groups in total. The molecule has 3 atom stereocenters. The molecule has 3 unspecified atom stereocenters. The summed E-state index contributed by atoms with van der Waals surface area (Å²) in [5, 5.41) is 5.21. The van der Waals surface area contributed by atoms with Crippen LogP contribution < -0.4 is 11.1 Å². The van der Waals surface area contributed by atoms with Crippen molar-refractivity contribution in [2.75, 3.05) is 39.5 Å². The summed E-state index contributed by atoms with van der Waals surface area (Å²) in [6, 6.07) is 4.35. The molecule has 1 aliphatic heterocycles. The van der Waals surface area contributed by atoms with Gasteiger partial charge in [-0.3, -0.25) is 9.69 Å². The lowest BCUT2D eigenvalue weighted by molar-refractivity contribution is -0.170. The Morgan fingerprint density at radius 3 is 2.64 bits per heavy atom. The predicted octanol–water partition coefficient (Wildman–Crippen LogP) is 2.61. The highest BCUT2D eigenvalue weighted by Crippen LogP contribution is 2.49. The number of carbonyl (C=O) groups excluding carboxylic acids is 1. The molecule has 1 aliphatic carbocycles. The van der Waals surface area contributed by atoms with E-state index in [-0.39, 0.29) is 48.3 Å². The summed E-state index contributed by atoms with van der Waals surface area (Å²) in [7, 11) is 0. The number of ether oxygens (including phenoxy) is 2. The standard InChI is InChI=1S/C19H31N3O3S.2ClH/c1-4-25-16-12-19(20,18(16,2)3)17(23)21-13-14(15-6-5-11-26-15)22-7-9-24-10-8-22;;/h5-6,11,14,16H,4,7-10,12-13,20H2,1-3H3,(H,21,23);2*1H. The number of thiophene rings is 1. The van der Waals surface area contributed by atoms with Crippen LogP contribution in [0.15, 0.2) is 17.5 Å². The van der Waals surface area contributed by atoms with Crippen LogP contribution in [0.5, 0.6) is 0 Å². The first-order valence-corrected chi connectivity index (χ1v) is 10.3.